The molecule has 0 spiro atoms. The second kappa shape index (κ2) is 3.66. The third-order valence-electron chi connectivity index (χ3n) is 2.98. The second-order valence-electron chi connectivity index (χ2n) is 4.23. The molecular weight excluding hydrogens is 152 g/mol. The maximum Gasteiger partial charge on any atom is 0.00296 e. The van der Waals surface area contributed by atoms with Gasteiger partial charge in [-0.2, -0.15) is 0 Å². The highest BCUT2D eigenvalue weighted by molar-refractivity contribution is 7.79. The molecule has 0 atom stereocenters. The first kappa shape index (κ1) is 11.1. The monoisotopic (exact) mass is 172 g/mol. The van der Waals surface area contributed by atoms with Crippen LogP contribution in [0.15, 0.2) is 0 Å². The van der Waals surface area contributed by atoms with E-state index in [1.165, 1.54) is 0 Å². The van der Waals surface area contributed by atoms with E-state index in [4.69, 9.17) is 12.2 Å². The van der Waals surface area contributed by atoms with Gasteiger partial charge in [0.1, 0.15) is 0 Å². The zero-order valence-corrected chi connectivity index (χ0v) is 9.22. The van der Waals surface area contributed by atoms with Gasteiger partial charge in [-0.15, -0.1) is 0 Å². The summed E-state index contributed by atoms with van der Waals surface area (Å²) in [5.74, 6) is 0. The Balaban J connectivity index is 4.68. The van der Waals surface area contributed by atoms with Gasteiger partial charge in [-0.1, -0.05) is 46.8 Å². The maximum atomic E-state index is 5.11. The van der Waals surface area contributed by atoms with Crippen molar-refractivity contribution in [1.82, 2.24) is 0 Å². The molecule has 0 amide bonds. The van der Waals surface area contributed by atoms with Crippen molar-refractivity contribution < 1.29 is 0 Å². The van der Waals surface area contributed by atoms with Gasteiger partial charge in [0, 0.05) is 5.41 Å². The van der Waals surface area contributed by atoms with Gasteiger partial charge in [0.05, 0.1) is 0 Å². The van der Waals surface area contributed by atoms with E-state index in [1.807, 2.05) is 5.37 Å². The van der Waals surface area contributed by atoms with Crippen LogP contribution in [0.1, 0.15) is 47.5 Å². The Morgan fingerprint density at radius 1 is 1.09 bits per heavy atom. The molecule has 0 aliphatic heterocycles. The summed E-state index contributed by atoms with van der Waals surface area (Å²) in [6, 6.07) is 0. The third-order valence-corrected chi connectivity index (χ3v) is 3.43. The first-order valence-corrected chi connectivity index (χ1v) is 4.87. The maximum absolute atomic E-state index is 5.11. The Morgan fingerprint density at radius 3 is 1.45 bits per heavy atom. The number of hydrogen-bond acceptors (Lipinski definition) is 1. The smallest absolute Gasteiger partial charge is 0.00296 e. The molecule has 11 heavy (non-hydrogen) atoms. The van der Waals surface area contributed by atoms with E-state index < -0.39 is 0 Å². The van der Waals surface area contributed by atoms with E-state index in [1.54, 1.807) is 0 Å². The standard InChI is InChI=1S/C10H20S/c1-6-10(7-2,8-11)9(3,4)5/h8H,6-7H2,1-5H3. The van der Waals surface area contributed by atoms with Crippen molar-refractivity contribution in [2.45, 2.75) is 47.5 Å². The molecule has 66 valence electrons. The molecule has 0 saturated carbocycles. The van der Waals surface area contributed by atoms with E-state index in [-0.39, 0.29) is 5.41 Å². The van der Waals surface area contributed by atoms with E-state index in [9.17, 15) is 0 Å². The van der Waals surface area contributed by atoms with Gasteiger partial charge in [-0.3, -0.25) is 0 Å². The van der Waals surface area contributed by atoms with E-state index in [0.717, 1.165) is 12.8 Å². The van der Waals surface area contributed by atoms with Crippen LogP contribution < -0.4 is 0 Å². The minimum absolute atomic E-state index is 0.252. The summed E-state index contributed by atoms with van der Waals surface area (Å²) in [6.45, 7) is 11.2. The predicted octanol–water partition coefficient (Wildman–Crippen LogP) is 3.84. The van der Waals surface area contributed by atoms with Crippen molar-refractivity contribution in [2.75, 3.05) is 0 Å². The lowest BCUT2D eigenvalue weighted by molar-refractivity contribution is 0.165. The first-order valence-electron chi connectivity index (χ1n) is 4.40. The van der Waals surface area contributed by atoms with Crippen molar-refractivity contribution >= 4 is 17.6 Å². The third kappa shape index (κ3) is 2.02. The number of rotatable bonds is 3. The normalized spacial score (nSPS) is 13.2. The fraction of sp³-hybridized carbons (Fsp3) is 0.900. The highest BCUT2D eigenvalue weighted by Gasteiger charge is 2.36. The summed E-state index contributed by atoms with van der Waals surface area (Å²) in [6.07, 6.45) is 2.30. The van der Waals surface area contributed by atoms with Gasteiger partial charge in [-0.05, 0) is 23.6 Å². The van der Waals surface area contributed by atoms with Gasteiger partial charge in [-0.25, -0.2) is 0 Å². The second-order valence-corrected chi connectivity index (χ2v) is 4.47. The van der Waals surface area contributed by atoms with E-state index >= 15 is 0 Å². The Kier molecular flexibility index (Phi) is 3.69. The Bertz CT molecular complexity index is 126. The largest absolute Gasteiger partial charge is 0.0928 e. The molecule has 0 aromatic heterocycles. The molecule has 0 aromatic rings. The summed E-state index contributed by atoms with van der Waals surface area (Å²) in [5.41, 5.74) is 0.556. The molecule has 0 rings (SSSR count). The molecule has 0 heterocycles. The molecule has 0 aromatic carbocycles. The van der Waals surface area contributed by atoms with Gasteiger partial charge in [0.25, 0.3) is 0 Å². The molecule has 1 heteroatoms. The molecule has 0 unspecified atom stereocenters. The zero-order chi connectivity index (χ0) is 9.12. The SMILES string of the molecule is CCC(C=S)(CC)C(C)(C)C. The van der Waals surface area contributed by atoms with Gasteiger partial charge in [0.15, 0.2) is 0 Å². The molecule has 0 N–H and O–H groups in total. The molecule has 0 aliphatic carbocycles. The predicted molar refractivity (Wildman–Crippen MR) is 56.1 cm³/mol. The van der Waals surface area contributed by atoms with Crippen LogP contribution in [-0.2, 0) is 0 Å². The van der Waals surface area contributed by atoms with Crippen LogP contribution in [0.25, 0.3) is 0 Å². The molecule has 0 radical (unpaired) electrons. The number of hydrogen-bond donors (Lipinski definition) is 0. The molecular formula is C10H20S. The summed E-state index contributed by atoms with van der Waals surface area (Å²) in [5, 5.41) is 1.97. The van der Waals surface area contributed by atoms with Crippen LogP contribution in [0.5, 0.6) is 0 Å². The topological polar surface area (TPSA) is 0 Å². The highest BCUT2D eigenvalue weighted by atomic mass is 32.1. The van der Waals surface area contributed by atoms with E-state index in [0.29, 0.717) is 5.41 Å². The molecule has 0 nitrogen and oxygen atoms in total. The lowest BCUT2D eigenvalue weighted by atomic mass is 9.65. The Morgan fingerprint density at radius 2 is 1.45 bits per heavy atom. The van der Waals surface area contributed by atoms with Crippen LogP contribution >= 0.6 is 12.2 Å². The summed E-state index contributed by atoms with van der Waals surface area (Å²) in [4.78, 5) is 0. The van der Waals surface area contributed by atoms with Crippen LogP contribution in [0.4, 0.5) is 0 Å². The van der Waals surface area contributed by atoms with Crippen molar-refractivity contribution in [3.8, 4) is 0 Å². The fourth-order valence-electron chi connectivity index (χ4n) is 1.65. The zero-order valence-electron chi connectivity index (χ0n) is 8.40. The van der Waals surface area contributed by atoms with Gasteiger partial charge >= 0.3 is 0 Å². The van der Waals surface area contributed by atoms with Crippen molar-refractivity contribution in [1.29, 1.82) is 0 Å². The van der Waals surface area contributed by atoms with E-state index in [2.05, 4.69) is 34.6 Å². The quantitative estimate of drug-likeness (QED) is 0.583. The van der Waals surface area contributed by atoms with Crippen LogP contribution in [0.2, 0.25) is 0 Å². The first-order chi connectivity index (χ1) is 4.93. The van der Waals surface area contributed by atoms with Crippen LogP contribution in [0, 0.1) is 10.8 Å². The van der Waals surface area contributed by atoms with Crippen molar-refractivity contribution in [2.24, 2.45) is 10.8 Å². The summed E-state index contributed by atoms with van der Waals surface area (Å²) < 4.78 is 0. The summed E-state index contributed by atoms with van der Waals surface area (Å²) in [7, 11) is 0. The Labute approximate surface area is 76.4 Å². The van der Waals surface area contributed by atoms with Crippen LogP contribution in [0.3, 0.4) is 0 Å². The van der Waals surface area contributed by atoms with Gasteiger partial charge < -0.3 is 0 Å². The number of thiocarbonyl (C=S) groups is 1. The Hall–Kier alpha value is 0.0900. The lowest BCUT2D eigenvalue weighted by Crippen LogP contribution is -2.35. The van der Waals surface area contributed by atoms with Crippen LogP contribution in [-0.4, -0.2) is 5.37 Å². The fourth-order valence-corrected chi connectivity index (χ4v) is 2.34. The van der Waals surface area contributed by atoms with Crippen molar-refractivity contribution in [3.05, 3.63) is 0 Å². The molecule has 0 fully saturated rings. The minimum Gasteiger partial charge on any atom is -0.0928 e. The molecule has 0 saturated heterocycles. The molecule has 0 bridgehead atoms. The van der Waals surface area contributed by atoms with Crippen molar-refractivity contribution in [3.63, 3.8) is 0 Å². The minimum atomic E-state index is 0.252. The molecule has 0 aliphatic rings. The highest BCUT2D eigenvalue weighted by Crippen LogP contribution is 2.42. The average molecular weight is 172 g/mol. The average Bonchev–Trinajstić information content (AvgIpc) is 1.90. The van der Waals surface area contributed by atoms with Gasteiger partial charge in [0.2, 0.25) is 0 Å². The summed E-state index contributed by atoms with van der Waals surface area (Å²) >= 11 is 5.11. The lowest BCUT2D eigenvalue weighted by Gasteiger charge is -2.40.